The predicted octanol–water partition coefficient (Wildman–Crippen LogP) is 2.72. The van der Waals surface area contributed by atoms with Crippen LogP contribution in [-0.4, -0.2) is 64.7 Å². The summed E-state index contributed by atoms with van der Waals surface area (Å²) in [5.41, 5.74) is 2.10. The Labute approximate surface area is 208 Å². The fourth-order valence-corrected chi connectivity index (χ4v) is 4.42. The van der Waals surface area contributed by atoms with Crippen LogP contribution in [0.25, 0.3) is 0 Å². The van der Waals surface area contributed by atoms with Crippen molar-refractivity contribution < 1.29 is 27.5 Å². The molecule has 192 valence electrons. The zero-order valence-electron chi connectivity index (χ0n) is 21.2. The molecular weight excluding hydrogens is 470 g/mol. The lowest BCUT2D eigenvalue weighted by molar-refractivity contribution is -0.139. The molecule has 0 heterocycles. The van der Waals surface area contributed by atoms with Gasteiger partial charge in [0.25, 0.3) is 0 Å². The maximum absolute atomic E-state index is 13.5. The zero-order chi connectivity index (χ0) is 26.2. The highest BCUT2D eigenvalue weighted by atomic mass is 32.2. The van der Waals surface area contributed by atoms with Gasteiger partial charge in [-0.25, -0.2) is 8.42 Å². The Morgan fingerprint density at radius 3 is 2.31 bits per heavy atom. The van der Waals surface area contributed by atoms with Crippen LogP contribution in [0.1, 0.15) is 31.4 Å². The van der Waals surface area contributed by atoms with Crippen LogP contribution >= 0.6 is 0 Å². The van der Waals surface area contributed by atoms with Gasteiger partial charge < -0.3 is 19.7 Å². The maximum atomic E-state index is 13.5. The molecule has 0 bridgehead atoms. The van der Waals surface area contributed by atoms with Crippen molar-refractivity contribution >= 4 is 27.5 Å². The predicted molar refractivity (Wildman–Crippen MR) is 136 cm³/mol. The summed E-state index contributed by atoms with van der Waals surface area (Å²) < 4.78 is 36.9. The summed E-state index contributed by atoms with van der Waals surface area (Å²) in [6, 6.07) is 11.4. The van der Waals surface area contributed by atoms with Gasteiger partial charge in [0.05, 0.1) is 26.2 Å². The fourth-order valence-electron chi connectivity index (χ4n) is 3.58. The topological polar surface area (TPSA) is 105 Å². The third kappa shape index (κ3) is 7.61. The van der Waals surface area contributed by atoms with Gasteiger partial charge in [0.2, 0.25) is 21.8 Å². The highest BCUT2D eigenvalue weighted by Gasteiger charge is 2.30. The normalized spacial score (nSPS) is 11.9. The van der Waals surface area contributed by atoms with E-state index in [0.717, 1.165) is 28.1 Å². The summed E-state index contributed by atoms with van der Waals surface area (Å²) in [6.45, 7) is 5.68. The van der Waals surface area contributed by atoms with E-state index in [1.807, 2.05) is 38.1 Å². The summed E-state index contributed by atoms with van der Waals surface area (Å²) in [6.07, 6.45) is 1.78. The fraction of sp³-hybridized carbons (Fsp3) is 0.440. The molecule has 0 aromatic heterocycles. The van der Waals surface area contributed by atoms with Crippen molar-refractivity contribution in [1.29, 1.82) is 0 Å². The summed E-state index contributed by atoms with van der Waals surface area (Å²) in [7, 11) is -0.924. The average Bonchev–Trinajstić information content (AvgIpc) is 2.82. The van der Waals surface area contributed by atoms with Gasteiger partial charge in [-0.3, -0.25) is 13.9 Å². The number of carbonyl (C=O) groups is 2. The van der Waals surface area contributed by atoms with E-state index >= 15 is 0 Å². The molecule has 0 aliphatic carbocycles. The number of amides is 2. The minimum Gasteiger partial charge on any atom is -0.493 e. The number of nitrogens with one attached hydrogen (secondary N) is 1. The van der Waals surface area contributed by atoms with E-state index in [1.54, 1.807) is 13.0 Å². The molecular formula is C25H35N3O6S. The summed E-state index contributed by atoms with van der Waals surface area (Å²) >= 11 is 0. The van der Waals surface area contributed by atoms with Gasteiger partial charge >= 0.3 is 0 Å². The first kappa shape index (κ1) is 28.0. The Balaban J connectivity index is 2.42. The van der Waals surface area contributed by atoms with Gasteiger partial charge in [-0.05, 0) is 38.0 Å². The molecule has 0 radical (unpaired) electrons. The SMILES string of the molecule is CCCNC(=O)[C@H](C)N(Cc1cccc(C)c1)C(=O)CN(c1ccc(OC)c(OC)c1)S(C)(=O)=O. The average molecular weight is 506 g/mol. The van der Waals surface area contributed by atoms with Gasteiger partial charge in [0, 0.05) is 19.2 Å². The Morgan fingerprint density at radius 1 is 1.06 bits per heavy atom. The van der Waals surface area contributed by atoms with Crippen molar-refractivity contribution in [2.24, 2.45) is 0 Å². The molecule has 35 heavy (non-hydrogen) atoms. The number of ether oxygens (including phenoxy) is 2. The molecule has 0 saturated heterocycles. The third-order valence-corrected chi connectivity index (χ3v) is 6.63. The van der Waals surface area contributed by atoms with Gasteiger partial charge in [0.15, 0.2) is 11.5 Å². The minimum atomic E-state index is -3.84. The number of anilines is 1. The second-order valence-electron chi connectivity index (χ2n) is 8.29. The summed E-state index contributed by atoms with van der Waals surface area (Å²) in [5, 5.41) is 2.81. The smallest absolute Gasteiger partial charge is 0.244 e. The van der Waals surface area contributed by atoms with Gasteiger partial charge in [-0.15, -0.1) is 0 Å². The Hall–Kier alpha value is -3.27. The number of nitrogens with zero attached hydrogens (tertiary/aromatic N) is 2. The lowest BCUT2D eigenvalue weighted by Crippen LogP contribution is -2.51. The van der Waals surface area contributed by atoms with Crippen molar-refractivity contribution in [3.63, 3.8) is 0 Å². The van der Waals surface area contributed by atoms with E-state index in [2.05, 4.69) is 5.32 Å². The number of carbonyl (C=O) groups excluding carboxylic acids is 2. The number of rotatable bonds is 12. The monoisotopic (exact) mass is 505 g/mol. The first-order valence-corrected chi connectivity index (χ1v) is 13.2. The van der Waals surface area contributed by atoms with Gasteiger partial charge in [-0.1, -0.05) is 36.8 Å². The van der Waals surface area contributed by atoms with Crippen LogP contribution in [0.2, 0.25) is 0 Å². The summed E-state index contributed by atoms with van der Waals surface area (Å²) in [4.78, 5) is 27.7. The Morgan fingerprint density at radius 2 is 1.74 bits per heavy atom. The van der Waals surface area contributed by atoms with Crippen LogP contribution in [0.5, 0.6) is 11.5 Å². The van der Waals surface area contributed by atoms with Crippen molar-refractivity contribution in [3.05, 3.63) is 53.6 Å². The molecule has 2 aromatic carbocycles. The Bertz CT molecular complexity index is 1140. The van der Waals surface area contributed by atoms with Crippen LogP contribution in [0, 0.1) is 6.92 Å². The standard InChI is InChI=1S/C25H35N3O6S/c1-7-13-26-25(30)19(3)27(16-20-10-8-9-18(2)14-20)24(29)17-28(35(6,31)32)21-11-12-22(33-4)23(15-21)34-5/h8-12,14-15,19H,7,13,16-17H2,1-6H3,(H,26,30)/t19-/m0/s1. The van der Waals surface area contributed by atoms with E-state index in [9.17, 15) is 18.0 Å². The molecule has 0 saturated carbocycles. The molecule has 0 spiro atoms. The molecule has 0 aliphatic heterocycles. The molecule has 1 N–H and O–H groups in total. The molecule has 0 unspecified atom stereocenters. The molecule has 1 atom stereocenters. The van der Waals surface area contributed by atoms with E-state index in [1.165, 1.54) is 31.3 Å². The van der Waals surface area contributed by atoms with E-state index < -0.39 is 28.5 Å². The number of aryl methyl sites for hydroxylation is 1. The quantitative estimate of drug-likeness (QED) is 0.476. The highest BCUT2D eigenvalue weighted by molar-refractivity contribution is 7.92. The van der Waals surface area contributed by atoms with Crippen molar-refractivity contribution in [3.8, 4) is 11.5 Å². The van der Waals surface area contributed by atoms with Crippen LogP contribution in [0.4, 0.5) is 5.69 Å². The van der Waals surface area contributed by atoms with Crippen LogP contribution in [0.15, 0.2) is 42.5 Å². The van der Waals surface area contributed by atoms with Crippen molar-refractivity contribution in [2.75, 3.05) is 37.9 Å². The maximum Gasteiger partial charge on any atom is 0.244 e. The van der Waals surface area contributed by atoms with E-state index in [0.29, 0.717) is 18.0 Å². The van der Waals surface area contributed by atoms with Crippen molar-refractivity contribution in [1.82, 2.24) is 10.2 Å². The zero-order valence-corrected chi connectivity index (χ0v) is 22.0. The van der Waals surface area contributed by atoms with Crippen molar-refractivity contribution in [2.45, 2.75) is 39.8 Å². The molecule has 2 rings (SSSR count). The number of hydrogen-bond acceptors (Lipinski definition) is 6. The second-order valence-corrected chi connectivity index (χ2v) is 10.2. The van der Waals surface area contributed by atoms with Crippen LogP contribution in [0.3, 0.4) is 0 Å². The van der Waals surface area contributed by atoms with Gasteiger partial charge in [0.1, 0.15) is 12.6 Å². The number of hydrogen-bond donors (Lipinski definition) is 1. The Kier molecular flexibility index (Phi) is 9.94. The third-order valence-electron chi connectivity index (χ3n) is 5.49. The first-order valence-electron chi connectivity index (χ1n) is 11.3. The van der Waals surface area contributed by atoms with Crippen LogP contribution in [-0.2, 0) is 26.2 Å². The number of methoxy groups -OCH3 is 2. The molecule has 0 fully saturated rings. The number of benzene rings is 2. The molecule has 10 heteroatoms. The number of sulfonamides is 1. The molecule has 2 amide bonds. The first-order chi connectivity index (χ1) is 16.5. The van der Waals surface area contributed by atoms with Crippen LogP contribution < -0.4 is 19.1 Å². The van der Waals surface area contributed by atoms with E-state index in [-0.39, 0.29) is 18.1 Å². The van der Waals surface area contributed by atoms with Gasteiger partial charge in [-0.2, -0.15) is 0 Å². The minimum absolute atomic E-state index is 0.158. The van der Waals surface area contributed by atoms with E-state index in [4.69, 9.17) is 9.47 Å². The lowest BCUT2D eigenvalue weighted by atomic mass is 10.1. The molecule has 0 aliphatic rings. The summed E-state index contributed by atoms with van der Waals surface area (Å²) in [5.74, 6) is -0.0518. The second kappa shape index (κ2) is 12.4. The lowest BCUT2D eigenvalue weighted by Gasteiger charge is -2.31. The largest absolute Gasteiger partial charge is 0.493 e. The molecule has 9 nitrogen and oxygen atoms in total. The highest BCUT2D eigenvalue weighted by Crippen LogP contribution is 2.32. The molecule has 2 aromatic rings.